The third-order valence-corrected chi connectivity index (χ3v) is 6.75. The smallest absolute Gasteiger partial charge is 0.269 e. The van der Waals surface area contributed by atoms with Crippen molar-refractivity contribution in [2.24, 2.45) is 0 Å². The molecule has 0 bridgehead atoms. The molecule has 1 heterocycles. The van der Waals surface area contributed by atoms with Crippen LogP contribution < -0.4 is 10.2 Å². The van der Waals surface area contributed by atoms with Crippen LogP contribution >= 0.6 is 23.4 Å². The number of halogens is 2. The monoisotopic (exact) mass is 491 g/mol. The summed E-state index contributed by atoms with van der Waals surface area (Å²) in [6, 6.07) is 21.7. The lowest BCUT2D eigenvalue weighted by atomic mass is 10.1. The number of benzene rings is 3. The summed E-state index contributed by atoms with van der Waals surface area (Å²) in [5.74, 6) is -1.36. The summed E-state index contributed by atoms with van der Waals surface area (Å²) in [6.45, 7) is 1.99. The fraction of sp³-hybridized carbons (Fsp3) is 0.115. The van der Waals surface area contributed by atoms with Crippen LogP contribution in [0.4, 0.5) is 15.8 Å². The molecule has 1 aliphatic heterocycles. The van der Waals surface area contributed by atoms with E-state index in [1.807, 2.05) is 37.3 Å². The average Bonchev–Trinajstić information content (AvgIpc) is 3.13. The number of aryl methyl sites for hydroxylation is 1. The maximum Gasteiger partial charge on any atom is 0.269 e. The molecule has 0 aromatic heterocycles. The van der Waals surface area contributed by atoms with Crippen LogP contribution in [0.5, 0.6) is 0 Å². The van der Waals surface area contributed by atoms with Crippen molar-refractivity contribution in [2.75, 3.05) is 10.2 Å². The number of carbonyl (C=O) groups is 2. The summed E-state index contributed by atoms with van der Waals surface area (Å²) in [6.07, 6.45) is 0.440. The topological polar surface area (TPSA) is 73.2 Å². The highest BCUT2D eigenvalue weighted by Gasteiger charge is 2.40. The fourth-order valence-electron chi connectivity index (χ4n) is 3.48. The lowest BCUT2D eigenvalue weighted by Gasteiger charge is -2.19. The lowest BCUT2D eigenvalue weighted by Crippen LogP contribution is -2.30. The fourth-order valence-corrected chi connectivity index (χ4v) is 4.91. The maximum atomic E-state index is 13.5. The lowest BCUT2D eigenvalue weighted by molar-refractivity contribution is -0.117. The van der Waals surface area contributed by atoms with Gasteiger partial charge in [-0.3, -0.25) is 14.5 Å². The Morgan fingerprint density at radius 3 is 2.35 bits per heavy atom. The molecule has 3 aromatic rings. The molecule has 8 heteroatoms. The Morgan fingerprint density at radius 2 is 1.74 bits per heavy atom. The summed E-state index contributed by atoms with van der Waals surface area (Å²) >= 11 is 7.20. The van der Waals surface area contributed by atoms with Gasteiger partial charge in [0, 0.05) is 16.4 Å². The average molecular weight is 492 g/mol. The molecular formula is C26H19ClFN3O2S. The van der Waals surface area contributed by atoms with Gasteiger partial charge in [-0.05, 0) is 67.4 Å². The number of rotatable bonds is 5. The molecule has 0 saturated carbocycles. The van der Waals surface area contributed by atoms with Crippen molar-refractivity contribution in [3.8, 4) is 6.07 Å². The zero-order valence-electron chi connectivity index (χ0n) is 18.1. The van der Waals surface area contributed by atoms with Crippen LogP contribution in [0.25, 0.3) is 0 Å². The van der Waals surface area contributed by atoms with Crippen molar-refractivity contribution in [1.29, 1.82) is 5.26 Å². The molecule has 5 nitrogen and oxygen atoms in total. The van der Waals surface area contributed by atoms with E-state index in [2.05, 4.69) is 5.32 Å². The number of nitrogens with zero attached hydrogens (tertiary/aromatic N) is 2. The van der Waals surface area contributed by atoms with E-state index in [1.165, 1.54) is 40.9 Å². The first-order valence-corrected chi connectivity index (χ1v) is 11.6. The van der Waals surface area contributed by atoms with E-state index in [0.717, 1.165) is 11.1 Å². The van der Waals surface area contributed by atoms with E-state index < -0.39 is 17.0 Å². The molecule has 1 saturated heterocycles. The molecule has 3 aromatic carbocycles. The molecule has 1 fully saturated rings. The number of carbonyl (C=O) groups excluding carboxylic acids is 2. The Labute approximate surface area is 205 Å². The van der Waals surface area contributed by atoms with Crippen LogP contribution in [0.15, 0.2) is 83.4 Å². The Hall–Kier alpha value is -3.60. The second-order valence-corrected chi connectivity index (χ2v) is 9.33. The summed E-state index contributed by atoms with van der Waals surface area (Å²) in [7, 11) is 0. The van der Waals surface area contributed by atoms with E-state index in [4.69, 9.17) is 11.6 Å². The SMILES string of the molecule is Cc1ccc(C[C@H]2S/C(=C(\C#N)C(=O)Nc3ccc(F)cc3)N(c3ccc(Cl)cc3)C2=O)cc1. The first kappa shape index (κ1) is 23.6. The highest BCUT2D eigenvalue weighted by atomic mass is 35.5. The predicted octanol–water partition coefficient (Wildman–Crippen LogP) is 5.85. The van der Waals surface area contributed by atoms with Crippen molar-refractivity contribution < 1.29 is 14.0 Å². The molecule has 4 rings (SSSR count). The first-order chi connectivity index (χ1) is 16.4. The highest BCUT2D eigenvalue weighted by molar-refractivity contribution is 8.05. The van der Waals surface area contributed by atoms with Crippen molar-refractivity contribution in [3.63, 3.8) is 0 Å². The summed E-state index contributed by atoms with van der Waals surface area (Å²) in [4.78, 5) is 27.9. The minimum absolute atomic E-state index is 0.205. The van der Waals surface area contributed by atoms with Crippen LogP contribution in [-0.2, 0) is 16.0 Å². The Balaban J connectivity index is 1.71. The van der Waals surface area contributed by atoms with Gasteiger partial charge in [0.1, 0.15) is 22.5 Å². The van der Waals surface area contributed by atoms with Gasteiger partial charge in [-0.2, -0.15) is 5.26 Å². The van der Waals surface area contributed by atoms with Crippen molar-refractivity contribution >= 4 is 46.6 Å². The van der Waals surface area contributed by atoms with Gasteiger partial charge in [0.05, 0.1) is 5.25 Å². The molecule has 0 unspecified atom stereocenters. The molecule has 2 amide bonds. The summed E-state index contributed by atoms with van der Waals surface area (Å²) < 4.78 is 13.2. The molecule has 170 valence electrons. The summed E-state index contributed by atoms with van der Waals surface area (Å²) in [5.41, 5.74) is 2.72. The zero-order valence-corrected chi connectivity index (χ0v) is 19.7. The zero-order chi connectivity index (χ0) is 24.2. The highest BCUT2D eigenvalue weighted by Crippen LogP contribution is 2.42. The Morgan fingerprint density at radius 1 is 1.09 bits per heavy atom. The minimum atomic E-state index is -0.681. The number of hydrogen-bond donors (Lipinski definition) is 1. The molecule has 1 aliphatic rings. The second-order valence-electron chi connectivity index (χ2n) is 7.70. The van der Waals surface area contributed by atoms with Gasteiger partial charge in [-0.25, -0.2) is 4.39 Å². The Bertz CT molecular complexity index is 1300. The van der Waals surface area contributed by atoms with Gasteiger partial charge < -0.3 is 5.32 Å². The van der Waals surface area contributed by atoms with E-state index in [9.17, 15) is 19.2 Å². The quantitative estimate of drug-likeness (QED) is 0.359. The first-order valence-electron chi connectivity index (χ1n) is 10.4. The van der Waals surface area contributed by atoms with Crippen molar-refractivity contribution in [3.05, 3.63) is 105 Å². The van der Waals surface area contributed by atoms with Gasteiger partial charge in [0.25, 0.3) is 5.91 Å². The molecule has 1 atom stereocenters. The molecule has 0 radical (unpaired) electrons. The molecule has 0 aliphatic carbocycles. The number of amides is 2. The summed E-state index contributed by atoms with van der Waals surface area (Å²) in [5, 5.41) is 12.7. The number of nitrogens with one attached hydrogen (secondary N) is 1. The second kappa shape index (κ2) is 10.1. The van der Waals surface area contributed by atoms with Crippen LogP contribution in [0.1, 0.15) is 11.1 Å². The minimum Gasteiger partial charge on any atom is -0.321 e. The Kier molecular flexibility index (Phi) is 7.01. The van der Waals surface area contributed by atoms with Crippen molar-refractivity contribution in [1.82, 2.24) is 0 Å². The largest absolute Gasteiger partial charge is 0.321 e. The number of thioether (sulfide) groups is 1. The van der Waals surface area contributed by atoms with Gasteiger partial charge >= 0.3 is 0 Å². The van der Waals surface area contributed by atoms with Crippen LogP contribution in [-0.4, -0.2) is 17.1 Å². The van der Waals surface area contributed by atoms with Gasteiger partial charge in [-0.1, -0.05) is 53.2 Å². The number of nitriles is 1. The van der Waals surface area contributed by atoms with Gasteiger partial charge in [-0.15, -0.1) is 0 Å². The third-order valence-electron chi connectivity index (χ3n) is 5.23. The molecule has 0 spiro atoms. The van der Waals surface area contributed by atoms with Crippen LogP contribution in [0, 0.1) is 24.1 Å². The van der Waals surface area contributed by atoms with E-state index in [0.29, 0.717) is 22.8 Å². The molecular weight excluding hydrogens is 473 g/mol. The van der Waals surface area contributed by atoms with Crippen LogP contribution in [0.3, 0.4) is 0 Å². The predicted molar refractivity (Wildman–Crippen MR) is 133 cm³/mol. The van der Waals surface area contributed by atoms with Gasteiger partial charge in [0.2, 0.25) is 5.91 Å². The van der Waals surface area contributed by atoms with E-state index >= 15 is 0 Å². The van der Waals surface area contributed by atoms with Crippen molar-refractivity contribution in [2.45, 2.75) is 18.6 Å². The molecule has 1 N–H and O–H groups in total. The number of anilines is 2. The standard InChI is InChI=1S/C26H19ClFN3O2S/c1-16-2-4-17(5-3-16)14-23-25(33)31(21-12-6-18(27)7-13-21)26(34-23)22(15-29)24(32)30-20-10-8-19(28)9-11-20/h2-13,23H,14H2,1H3,(H,30,32)/b26-22+/t23-/m1/s1. The van der Waals surface area contributed by atoms with Gasteiger partial charge in [0.15, 0.2) is 0 Å². The van der Waals surface area contributed by atoms with E-state index in [1.54, 1.807) is 24.3 Å². The molecule has 34 heavy (non-hydrogen) atoms. The maximum absolute atomic E-state index is 13.5. The van der Waals surface area contributed by atoms with E-state index in [-0.39, 0.29) is 16.5 Å². The third kappa shape index (κ3) is 5.14. The normalized spacial score (nSPS) is 16.8. The number of hydrogen-bond acceptors (Lipinski definition) is 4. The van der Waals surface area contributed by atoms with Crippen LogP contribution in [0.2, 0.25) is 5.02 Å².